The Labute approximate surface area is 125 Å². The summed E-state index contributed by atoms with van der Waals surface area (Å²) in [5, 5.41) is 2.46. The molecule has 0 aliphatic carbocycles. The molecule has 2 amide bonds. The molecular weight excluding hydrogens is 301 g/mol. The van der Waals surface area contributed by atoms with Crippen molar-refractivity contribution in [1.82, 2.24) is 5.32 Å². The van der Waals surface area contributed by atoms with Crippen molar-refractivity contribution in [2.24, 2.45) is 5.73 Å². The van der Waals surface area contributed by atoms with Crippen LogP contribution in [0.25, 0.3) is 0 Å². The molecule has 0 heterocycles. The highest BCUT2D eigenvalue weighted by Crippen LogP contribution is 2.36. The molecule has 1 rings (SSSR count). The molecule has 0 radical (unpaired) electrons. The Hall–Kier alpha value is -2.25. The van der Waals surface area contributed by atoms with Gasteiger partial charge in [0.1, 0.15) is 5.75 Å². The second kappa shape index (κ2) is 7.67. The van der Waals surface area contributed by atoms with Gasteiger partial charge in [-0.15, -0.1) is 0 Å². The quantitative estimate of drug-likeness (QED) is 0.753. The second-order valence-electron chi connectivity index (χ2n) is 4.61. The van der Waals surface area contributed by atoms with E-state index in [4.69, 9.17) is 10.5 Å². The maximum absolute atomic E-state index is 12.8. The normalized spacial score (nSPS) is 12.5. The molecule has 1 atom stereocenters. The number of ether oxygens (including phenoxy) is 1. The topological polar surface area (TPSA) is 81.4 Å². The molecule has 5 nitrogen and oxygen atoms in total. The summed E-state index contributed by atoms with van der Waals surface area (Å²) in [5.74, 6) is -1.46. The molecule has 0 unspecified atom stereocenters. The van der Waals surface area contributed by atoms with E-state index in [1.165, 1.54) is 19.1 Å². The Morgan fingerprint density at radius 2 is 1.95 bits per heavy atom. The van der Waals surface area contributed by atoms with Crippen molar-refractivity contribution < 1.29 is 27.5 Å². The average Bonchev–Trinajstić information content (AvgIpc) is 2.42. The number of hydrogen-bond acceptors (Lipinski definition) is 3. The molecule has 0 bridgehead atoms. The molecular formula is C14H17F3N2O3. The summed E-state index contributed by atoms with van der Waals surface area (Å²) in [4.78, 5) is 22.2. The molecule has 8 heteroatoms. The Morgan fingerprint density at radius 3 is 2.55 bits per heavy atom. The van der Waals surface area contributed by atoms with E-state index in [2.05, 4.69) is 5.32 Å². The van der Waals surface area contributed by atoms with Crippen LogP contribution in [0.3, 0.4) is 0 Å². The smallest absolute Gasteiger partial charge is 0.419 e. The highest BCUT2D eigenvalue weighted by Gasteiger charge is 2.34. The first-order valence-corrected chi connectivity index (χ1v) is 6.60. The molecule has 122 valence electrons. The summed E-state index contributed by atoms with van der Waals surface area (Å²) < 4.78 is 43.5. The lowest BCUT2D eigenvalue weighted by molar-refractivity contribution is -0.140. The van der Waals surface area contributed by atoms with Gasteiger partial charge in [0.05, 0.1) is 5.56 Å². The van der Waals surface area contributed by atoms with Crippen LogP contribution in [-0.4, -0.2) is 24.5 Å². The van der Waals surface area contributed by atoms with Crippen molar-refractivity contribution in [3.8, 4) is 5.75 Å². The monoisotopic (exact) mass is 318 g/mol. The molecule has 0 aliphatic rings. The Kier molecular flexibility index (Phi) is 6.21. The zero-order chi connectivity index (χ0) is 16.8. The summed E-state index contributed by atoms with van der Waals surface area (Å²) in [6.07, 6.45) is -5.19. The van der Waals surface area contributed by atoms with Gasteiger partial charge in [-0.2, -0.15) is 13.2 Å². The van der Waals surface area contributed by atoms with E-state index in [1.807, 2.05) is 0 Å². The minimum Gasteiger partial charge on any atom is -0.480 e. The molecule has 0 saturated carbocycles. The maximum atomic E-state index is 12.8. The second-order valence-corrected chi connectivity index (χ2v) is 4.61. The van der Waals surface area contributed by atoms with E-state index in [0.717, 1.165) is 12.1 Å². The number of nitrogens with one attached hydrogen (secondary N) is 1. The fraction of sp³-hybridized carbons (Fsp3) is 0.429. The fourth-order valence-electron chi connectivity index (χ4n) is 1.67. The van der Waals surface area contributed by atoms with E-state index in [9.17, 15) is 22.8 Å². The van der Waals surface area contributed by atoms with Crippen molar-refractivity contribution in [3.05, 3.63) is 29.8 Å². The van der Waals surface area contributed by atoms with Gasteiger partial charge in [0.15, 0.2) is 6.10 Å². The molecule has 0 fully saturated rings. The third-order valence-corrected chi connectivity index (χ3v) is 2.76. The summed E-state index contributed by atoms with van der Waals surface area (Å²) in [6, 6.07) is 4.67. The number of carbonyl (C=O) groups is 2. The van der Waals surface area contributed by atoms with Crippen LogP contribution in [0.1, 0.15) is 25.3 Å². The molecule has 0 saturated heterocycles. The fourth-order valence-corrected chi connectivity index (χ4v) is 1.67. The van der Waals surface area contributed by atoms with Crippen LogP contribution in [-0.2, 0) is 15.8 Å². The number of primary amides is 1. The largest absolute Gasteiger partial charge is 0.480 e. The van der Waals surface area contributed by atoms with Crippen LogP contribution < -0.4 is 15.8 Å². The van der Waals surface area contributed by atoms with Gasteiger partial charge in [0.2, 0.25) is 5.91 Å². The lowest BCUT2D eigenvalue weighted by Gasteiger charge is -2.18. The van der Waals surface area contributed by atoms with E-state index >= 15 is 0 Å². The number of amides is 2. The summed E-state index contributed by atoms with van der Waals surface area (Å²) >= 11 is 0. The zero-order valence-electron chi connectivity index (χ0n) is 11.9. The number of halogens is 3. The van der Waals surface area contributed by atoms with Crippen LogP contribution in [0, 0.1) is 0 Å². The first-order chi connectivity index (χ1) is 10.2. The molecule has 1 aromatic carbocycles. The van der Waals surface area contributed by atoms with Crippen molar-refractivity contribution in [1.29, 1.82) is 0 Å². The standard InChI is InChI=1S/C14H17F3N2O3/c1-9(13(21)19-8-4-7-12(18)20)22-11-6-3-2-5-10(11)14(15,16)17/h2-3,5-6,9H,4,7-8H2,1H3,(H2,18,20)(H,19,21)/t9-/m1/s1. The molecule has 3 N–H and O–H groups in total. The number of carbonyl (C=O) groups excluding carboxylic acids is 2. The number of alkyl halides is 3. The van der Waals surface area contributed by atoms with Crippen LogP contribution in [0.5, 0.6) is 5.75 Å². The van der Waals surface area contributed by atoms with Crippen molar-refractivity contribution >= 4 is 11.8 Å². The molecule has 0 spiro atoms. The van der Waals surface area contributed by atoms with Gasteiger partial charge >= 0.3 is 6.18 Å². The van der Waals surface area contributed by atoms with Gasteiger partial charge < -0.3 is 15.8 Å². The number of para-hydroxylation sites is 1. The summed E-state index contributed by atoms with van der Waals surface area (Å²) in [6.45, 7) is 1.53. The highest BCUT2D eigenvalue weighted by atomic mass is 19.4. The molecule has 0 aliphatic heterocycles. The van der Waals surface area contributed by atoms with Crippen molar-refractivity contribution in [3.63, 3.8) is 0 Å². The van der Waals surface area contributed by atoms with Gasteiger partial charge in [-0.3, -0.25) is 9.59 Å². The SMILES string of the molecule is C[C@@H](Oc1ccccc1C(F)(F)F)C(=O)NCCCC(N)=O. The lowest BCUT2D eigenvalue weighted by Crippen LogP contribution is -2.37. The Bertz CT molecular complexity index is 532. The minimum absolute atomic E-state index is 0.117. The summed E-state index contributed by atoms with van der Waals surface area (Å²) in [7, 11) is 0. The van der Waals surface area contributed by atoms with E-state index in [-0.39, 0.29) is 13.0 Å². The van der Waals surface area contributed by atoms with E-state index < -0.39 is 35.4 Å². The first kappa shape index (κ1) is 17.8. The molecule has 22 heavy (non-hydrogen) atoms. The van der Waals surface area contributed by atoms with Gasteiger partial charge in [0, 0.05) is 13.0 Å². The van der Waals surface area contributed by atoms with Crippen molar-refractivity contribution in [2.75, 3.05) is 6.54 Å². The van der Waals surface area contributed by atoms with Gasteiger partial charge in [-0.05, 0) is 25.5 Å². The Balaban J connectivity index is 2.60. The van der Waals surface area contributed by atoms with Gasteiger partial charge in [-0.1, -0.05) is 12.1 Å². The van der Waals surface area contributed by atoms with E-state index in [1.54, 1.807) is 0 Å². The summed E-state index contributed by atoms with van der Waals surface area (Å²) in [5.41, 5.74) is 4.00. The van der Waals surface area contributed by atoms with Gasteiger partial charge in [-0.25, -0.2) is 0 Å². The van der Waals surface area contributed by atoms with Crippen LogP contribution in [0.15, 0.2) is 24.3 Å². The first-order valence-electron chi connectivity index (χ1n) is 6.60. The lowest BCUT2D eigenvalue weighted by atomic mass is 10.2. The number of benzene rings is 1. The third kappa shape index (κ3) is 5.63. The molecule has 0 aromatic heterocycles. The number of hydrogen-bond donors (Lipinski definition) is 2. The molecule has 1 aromatic rings. The van der Waals surface area contributed by atoms with Crippen molar-refractivity contribution in [2.45, 2.75) is 32.0 Å². The van der Waals surface area contributed by atoms with Gasteiger partial charge in [0.25, 0.3) is 5.91 Å². The minimum atomic E-state index is -4.56. The highest BCUT2D eigenvalue weighted by molar-refractivity contribution is 5.80. The predicted molar refractivity (Wildman–Crippen MR) is 73.0 cm³/mol. The third-order valence-electron chi connectivity index (χ3n) is 2.76. The number of rotatable bonds is 7. The van der Waals surface area contributed by atoms with Crippen LogP contribution in [0.2, 0.25) is 0 Å². The van der Waals surface area contributed by atoms with Crippen LogP contribution in [0.4, 0.5) is 13.2 Å². The number of nitrogens with two attached hydrogens (primary N) is 1. The van der Waals surface area contributed by atoms with E-state index in [0.29, 0.717) is 6.42 Å². The average molecular weight is 318 g/mol. The Morgan fingerprint density at radius 1 is 1.32 bits per heavy atom. The predicted octanol–water partition coefficient (Wildman–Crippen LogP) is 1.85. The van der Waals surface area contributed by atoms with Crippen LogP contribution >= 0.6 is 0 Å². The zero-order valence-corrected chi connectivity index (χ0v) is 11.9. The maximum Gasteiger partial charge on any atom is 0.419 e.